The number of nitrogens with two attached hydrogens (primary N) is 1. The number of hydrogen-bond donors (Lipinski definition) is 3. The van der Waals surface area contributed by atoms with Gasteiger partial charge in [-0.2, -0.15) is 0 Å². The lowest BCUT2D eigenvalue weighted by Gasteiger charge is -2.08. The minimum absolute atomic E-state index is 0.00141. The summed E-state index contributed by atoms with van der Waals surface area (Å²) in [6.07, 6.45) is 1.31. The van der Waals surface area contributed by atoms with Gasteiger partial charge in [0.05, 0.1) is 12.8 Å². The molecule has 0 fully saturated rings. The monoisotopic (exact) mass is 278 g/mol. The summed E-state index contributed by atoms with van der Waals surface area (Å²) in [6, 6.07) is 1.53. The number of aromatic amines is 1. The lowest BCUT2D eigenvalue weighted by molar-refractivity contribution is 0.0924. The van der Waals surface area contributed by atoms with Gasteiger partial charge in [0.25, 0.3) is 11.1 Å². The van der Waals surface area contributed by atoms with Crippen molar-refractivity contribution in [2.24, 2.45) is 5.84 Å². The Labute approximate surface area is 113 Å². The number of carbonyl (C=O) groups is 1. The van der Waals surface area contributed by atoms with Crippen LogP contribution in [0.2, 0.25) is 0 Å². The molecule has 0 aromatic carbocycles. The molecule has 2 heterocycles. The van der Waals surface area contributed by atoms with Crippen molar-refractivity contribution in [2.45, 2.75) is 20.4 Å². The third-order valence-corrected chi connectivity index (χ3v) is 3.12. The van der Waals surface area contributed by atoms with Gasteiger partial charge in [-0.3, -0.25) is 24.9 Å². The van der Waals surface area contributed by atoms with E-state index in [1.54, 1.807) is 13.8 Å². The lowest BCUT2D eigenvalue weighted by atomic mass is 10.2. The molecule has 0 aliphatic heterocycles. The zero-order valence-electron chi connectivity index (χ0n) is 11.0. The molecule has 0 radical (unpaired) electrons. The third-order valence-electron chi connectivity index (χ3n) is 3.12. The van der Waals surface area contributed by atoms with Crippen LogP contribution in [-0.2, 0) is 6.54 Å². The Morgan fingerprint density at radius 3 is 2.75 bits per heavy atom. The number of rotatable bonds is 3. The average Bonchev–Trinajstić information content (AvgIpc) is 2.89. The van der Waals surface area contributed by atoms with E-state index >= 15 is 0 Å². The largest absolute Gasteiger partial charge is 0.459 e. The van der Waals surface area contributed by atoms with Gasteiger partial charge < -0.3 is 4.42 Å². The van der Waals surface area contributed by atoms with Crippen molar-refractivity contribution < 1.29 is 9.21 Å². The summed E-state index contributed by atoms with van der Waals surface area (Å²) in [5.41, 5.74) is 2.44. The smallest absolute Gasteiger partial charge is 0.301 e. The van der Waals surface area contributed by atoms with E-state index in [1.165, 1.54) is 12.3 Å². The molecule has 0 saturated carbocycles. The van der Waals surface area contributed by atoms with Crippen LogP contribution in [0.1, 0.15) is 27.2 Å². The molecular formula is C12H14N4O4. The van der Waals surface area contributed by atoms with Crippen molar-refractivity contribution in [3.05, 3.63) is 55.5 Å². The first-order chi connectivity index (χ1) is 9.45. The Hall–Kier alpha value is -2.61. The van der Waals surface area contributed by atoms with Crippen LogP contribution >= 0.6 is 0 Å². The van der Waals surface area contributed by atoms with Crippen molar-refractivity contribution >= 4 is 5.91 Å². The first kappa shape index (κ1) is 13.8. The number of furan rings is 1. The molecular weight excluding hydrogens is 264 g/mol. The quantitative estimate of drug-likeness (QED) is 0.393. The van der Waals surface area contributed by atoms with Gasteiger partial charge in [0, 0.05) is 16.7 Å². The van der Waals surface area contributed by atoms with Gasteiger partial charge >= 0.3 is 5.91 Å². The number of nitrogen functional groups attached to an aromatic ring is 1. The maximum absolute atomic E-state index is 12.1. The topological polar surface area (TPSA) is 123 Å². The molecule has 2 aromatic heterocycles. The molecule has 0 bridgehead atoms. The highest BCUT2D eigenvalue weighted by Gasteiger charge is 2.16. The first-order valence-electron chi connectivity index (χ1n) is 5.83. The van der Waals surface area contributed by atoms with Crippen molar-refractivity contribution in [1.82, 2.24) is 15.2 Å². The average molecular weight is 278 g/mol. The number of hydrogen-bond acceptors (Lipinski definition) is 5. The summed E-state index contributed by atoms with van der Waals surface area (Å²) >= 11 is 0. The minimum Gasteiger partial charge on any atom is -0.459 e. The maximum Gasteiger partial charge on any atom is 0.301 e. The molecule has 106 valence electrons. The number of aromatic nitrogens is 2. The summed E-state index contributed by atoms with van der Waals surface area (Å²) < 4.78 is 6.14. The Morgan fingerprint density at radius 1 is 1.40 bits per heavy atom. The highest BCUT2D eigenvalue weighted by molar-refractivity contribution is 5.92. The van der Waals surface area contributed by atoms with Crippen LogP contribution < -0.4 is 22.4 Å². The van der Waals surface area contributed by atoms with Crippen molar-refractivity contribution in [2.75, 3.05) is 0 Å². The molecule has 0 aliphatic rings. The number of carbonyl (C=O) groups excluding carboxylic acids is 1. The predicted octanol–water partition coefficient (Wildman–Crippen LogP) is -0.602. The van der Waals surface area contributed by atoms with Gasteiger partial charge in [0.2, 0.25) is 0 Å². The second-order valence-electron chi connectivity index (χ2n) is 4.33. The van der Waals surface area contributed by atoms with Gasteiger partial charge in [0.1, 0.15) is 0 Å². The molecule has 0 saturated heterocycles. The van der Waals surface area contributed by atoms with E-state index in [0.29, 0.717) is 16.7 Å². The molecule has 0 atom stereocenters. The lowest BCUT2D eigenvalue weighted by Crippen LogP contribution is -2.34. The standard InChI is InChI=1S/C12H14N4O4/c1-6-7(2)12(19)16(15-10(6)17)5-8-3-4-20-9(8)11(18)14-13/h3-4H,5,13H2,1-2H3,(H,14,18)(H,15,17). The fraction of sp³-hybridized carbons (Fsp3) is 0.250. The van der Waals surface area contributed by atoms with E-state index in [9.17, 15) is 14.4 Å². The van der Waals surface area contributed by atoms with E-state index < -0.39 is 5.91 Å². The van der Waals surface area contributed by atoms with E-state index in [1.807, 2.05) is 5.43 Å². The molecule has 1 amide bonds. The minimum atomic E-state index is -0.607. The number of hydrazine groups is 1. The van der Waals surface area contributed by atoms with Gasteiger partial charge in [0.15, 0.2) is 5.76 Å². The zero-order chi connectivity index (χ0) is 14.9. The van der Waals surface area contributed by atoms with Crippen LogP contribution in [-0.4, -0.2) is 15.7 Å². The van der Waals surface area contributed by atoms with Gasteiger partial charge in [-0.25, -0.2) is 10.5 Å². The van der Waals surface area contributed by atoms with Crippen LogP contribution in [0.15, 0.2) is 26.3 Å². The second-order valence-corrected chi connectivity index (χ2v) is 4.33. The summed E-state index contributed by atoms with van der Waals surface area (Å²) in [5.74, 6) is 4.43. The molecule has 4 N–H and O–H groups in total. The van der Waals surface area contributed by atoms with Gasteiger partial charge in [-0.15, -0.1) is 0 Å². The highest BCUT2D eigenvalue weighted by atomic mass is 16.3. The summed E-state index contributed by atoms with van der Waals surface area (Å²) in [4.78, 5) is 35.2. The van der Waals surface area contributed by atoms with Crippen LogP contribution in [0.4, 0.5) is 0 Å². The van der Waals surface area contributed by atoms with E-state index in [0.717, 1.165) is 4.68 Å². The van der Waals surface area contributed by atoms with E-state index in [-0.39, 0.29) is 23.4 Å². The van der Waals surface area contributed by atoms with Gasteiger partial charge in [-0.1, -0.05) is 0 Å². The molecule has 20 heavy (non-hydrogen) atoms. The Kier molecular flexibility index (Phi) is 3.57. The fourth-order valence-electron chi connectivity index (χ4n) is 1.80. The summed E-state index contributed by atoms with van der Waals surface area (Å²) in [7, 11) is 0. The van der Waals surface area contributed by atoms with Crippen LogP contribution in [0.25, 0.3) is 0 Å². The Bertz CT molecular complexity index is 768. The van der Waals surface area contributed by atoms with Crippen molar-refractivity contribution in [1.29, 1.82) is 0 Å². The normalized spacial score (nSPS) is 10.6. The Balaban J connectivity index is 2.47. The van der Waals surface area contributed by atoms with Crippen molar-refractivity contribution in [3.8, 4) is 0 Å². The van der Waals surface area contributed by atoms with E-state index in [4.69, 9.17) is 10.3 Å². The maximum atomic E-state index is 12.1. The van der Waals surface area contributed by atoms with Crippen LogP contribution in [0.3, 0.4) is 0 Å². The third kappa shape index (κ3) is 2.28. The summed E-state index contributed by atoms with van der Waals surface area (Å²) in [6.45, 7) is 3.16. The fourth-order valence-corrected chi connectivity index (χ4v) is 1.80. The van der Waals surface area contributed by atoms with E-state index in [2.05, 4.69) is 5.10 Å². The molecule has 2 aromatic rings. The SMILES string of the molecule is Cc1c(C)c(=O)n(Cc2ccoc2C(=O)NN)[nH]c1=O. The molecule has 0 aliphatic carbocycles. The molecule has 2 rings (SSSR count). The van der Waals surface area contributed by atoms with Crippen LogP contribution in [0.5, 0.6) is 0 Å². The zero-order valence-corrected chi connectivity index (χ0v) is 11.0. The molecule has 0 spiro atoms. The molecule has 8 heteroatoms. The molecule has 0 unspecified atom stereocenters. The summed E-state index contributed by atoms with van der Waals surface area (Å²) in [5, 5.41) is 2.45. The highest BCUT2D eigenvalue weighted by Crippen LogP contribution is 2.10. The number of H-pyrrole nitrogens is 1. The van der Waals surface area contributed by atoms with Crippen molar-refractivity contribution in [3.63, 3.8) is 0 Å². The molecule has 8 nitrogen and oxygen atoms in total. The first-order valence-corrected chi connectivity index (χ1v) is 5.83. The second kappa shape index (κ2) is 5.17. The van der Waals surface area contributed by atoms with Crippen LogP contribution in [0, 0.1) is 13.8 Å². The Morgan fingerprint density at radius 2 is 2.10 bits per heavy atom. The predicted molar refractivity (Wildman–Crippen MR) is 70.3 cm³/mol. The number of amides is 1. The number of nitrogens with zero attached hydrogens (tertiary/aromatic N) is 1. The number of nitrogens with one attached hydrogen (secondary N) is 2. The van der Waals surface area contributed by atoms with Gasteiger partial charge in [-0.05, 0) is 19.9 Å².